The standard InChI is InChI=1S/C17H32N2/c1-14(2)7-10-19-13-17(8-5-6-9-17)18-12-16(19)11-15(3)4/h7,15-16,18H,5-6,8-13H2,1-4H3. The van der Waals surface area contributed by atoms with Gasteiger partial charge in [-0.1, -0.05) is 38.3 Å². The zero-order chi connectivity index (χ0) is 13.9. The maximum atomic E-state index is 3.91. The zero-order valence-corrected chi connectivity index (χ0v) is 13.3. The molecule has 110 valence electrons. The Kier molecular flexibility index (Phi) is 5.08. The maximum Gasteiger partial charge on any atom is 0.0309 e. The average molecular weight is 264 g/mol. The molecule has 2 fully saturated rings. The number of hydrogen-bond donors (Lipinski definition) is 1. The molecule has 0 aromatic rings. The third kappa shape index (κ3) is 4.06. The van der Waals surface area contributed by atoms with Crippen LogP contribution in [0.4, 0.5) is 0 Å². The summed E-state index contributed by atoms with van der Waals surface area (Å²) in [6, 6.07) is 0.724. The van der Waals surface area contributed by atoms with Gasteiger partial charge in [0.1, 0.15) is 0 Å². The fraction of sp³-hybridized carbons (Fsp3) is 0.882. The number of piperazine rings is 1. The van der Waals surface area contributed by atoms with Gasteiger partial charge < -0.3 is 5.32 Å². The molecule has 0 amide bonds. The van der Waals surface area contributed by atoms with Crippen LogP contribution in [0.5, 0.6) is 0 Å². The van der Waals surface area contributed by atoms with Crippen molar-refractivity contribution in [1.29, 1.82) is 0 Å². The lowest BCUT2D eigenvalue weighted by atomic mass is 9.90. The molecule has 0 bridgehead atoms. The van der Waals surface area contributed by atoms with Gasteiger partial charge in [-0.15, -0.1) is 0 Å². The van der Waals surface area contributed by atoms with Gasteiger partial charge in [-0.3, -0.25) is 4.90 Å². The molecule has 1 saturated carbocycles. The topological polar surface area (TPSA) is 15.3 Å². The summed E-state index contributed by atoms with van der Waals surface area (Å²) in [5, 5.41) is 3.91. The van der Waals surface area contributed by atoms with Gasteiger partial charge in [0.25, 0.3) is 0 Å². The van der Waals surface area contributed by atoms with Gasteiger partial charge in [0.2, 0.25) is 0 Å². The lowest BCUT2D eigenvalue weighted by molar-refractivity contribution is 0.0797. The Labute approximate surface area is 119 Å². The van der Waals surface area contributed by atoms with Crippen molar-refractivity contribution in [1.82, 2.24) is 10.2 Å². The molecule has 1 aliphatic carbocycles. The van der Waals surface area contributed by atoms with Gasteiger partial charge in [0.15, 0.2) is 0 Å². The minimum Gasteiger partial charge on any atom is -0.308 e. The molecular weight excluding hydrogens is 232 g/mol. The first-order chi connectivity index (χ1) is 9.01. The van der Waals surface area contributed by atoms with E-state index >= 15 is 0 Å². The van der Waals surface area contributed by atoms with Crippen LogP contribution >= 0.6 is 0 Å². The molecule has 1 aliphatic heterocycles. The Bertz CT molecular complexity index is 309. The van der Waals surface area contributed by atoms with Gasteiger partial charge in [-0.05, 0) is 39.0 Å². The van der Waals surface area contributed by atoms with E-state index in [1.165, 1.54) is 50.8 Å². The second-order valence-electron chi connectivity index (χ2n) is 7.36. The van der Waals surface area contributed by atoms with Crippen LogP contribution < -0.4 is 5.32 Å². The van der Waals surface area contributed by atoms with Crippen molar-refractivity contribution in [2.45, 2.75) is 71.4 Å². The molecule has 2 aliphatic rings. The van der Waals surface area contributed by atoms with Gasteiger partial charge in [-0.25, -0.2) is 0 Å². The Morgan fingerprint density at radius 3 is 2.58 bits per heavy atom. The predicted octanol–water partition coefficient (Wildman–Crippen LogP) is 3.59. The third-order valence-corrected chi connectivity index (χ3v) is 4.77. The van der Waals surface area contributed by atoms with E-state index in [1.807, 2.05) is 0 Å². The number of rotatable bonds is 4. The highest BCUT2D eigenvalue weighted by molar-refractivity contribution is 5.04. The van der Waals surface area contributed by atoms with Crippen molar-refractivity contribution in [3.8, 4) is 0 Å². The van der Waals surface area contributed by atoms with E-state index in [1.54, 1.807) is 0 Å². The van der Waals surface area contributed by atoms with E-state index in [0.717, 1.165) is 18.5 Å². The minimum absolute atomic E-state index is 0.447. The second-order valence-corrected chi connectivity index (χ2v) is 7.36. The molecule has 0 aromatic carbocycles. The SMILES string of the molecule is CC(C)=CCN1CC2(CCCC2)NCC1CC(C)C. The third-order valence-electron chi connectivity index (χ3n) is 4.77. The fourth-order valence-corrected chi connectivity index (χ4v) is 3.71. The Morgan fingerprint density at radius 1 is 1.32 bits per heavy atom. The van der Waals surface area contributed by atoms with Crippen molar-refractivity contribution >= 4 is 0 Å². The number of nitrogens with zero attached hydrogens (tertiary/aromatic N) is 1. The Balaban J connectivity index is 2.02. The van der Waals surface area contributed by atoms with Gasteiger partial charge in [0.05, 0.1) is 0 Å². The number of nitrogens with one attached hydrogen (secondary N) is 1. The molecule has 0 radical (unpaired) electrons. The Hall–Kier alpha value is -0.340. The van der Waals surface area contributed by atoms with Crippen molar-refractivity contribution in [2.75, 3.05) is 19.6 Å². The minimum atomic E-state index is 0.447. The summed E-state index contributed by atoms with van der Waals surface area (Å²) in [4.78, 5) is 2.74. The summed E-state index contributed by atoms with van der Waals surface area (Å²) in [7, 11) is 0. The predicted molar refractivity (Wildman–Crippen MR) is 83.4 cm³/mol. The van der Waals surface area contributed by atoms with Crippen LogP contribution in [0.15, 0.2) is 11.6 Å². The number of hydrogen-bond acceptors (Lipinski definition) is 2. The van der Waals surface area contributed by atoms with E-state index < -0.39 is 0 Å². The monoisotopic (exact) mass is 264 g/mol. The first kappa shape index (κ1) is 15.1. The lowest BCUT2D eigenvalue weighted by Crippen LogP contribution is -2.63. The molecule has 1 saturated heterocycles. The van der Waals surface area contributed by atoms with E-state index in [9.17, 15) is 0 Å². The summed E-state index contributed by atoms with van der Waals surface area (Å²) in [6.45, 7) is 12.7. The highest BCUT2D eigenvalue weighted by Gasteiger charge is 2.40. The second kappa shape index (κ2) is 6.41. The molecule has 1 heterocycles. The van der Waals surface area contributed by atoms with E-state index in [0.29, 0.717) is 5.54 Å². The summed E-state index contributed by atoms with van der Waals surface area (Å²) < 4.78 is 0. The van der Waals surface area contributed by atoms with Crippen LogP contribution in [0.25, 0.3) is 0 Å². The highest BCUT2D eigenvalue weighted by Crippen LogP contribution is 2.34. The van der Waals surface area contributed by atoms with Crippen LogP contribution in [-0.2, 0) is 0 Å². The molecule has 19 heavy (non-hydrogen) atoms. The normalized spacial score (nSPS) is 27.1. The molecule has 0 aromatic heterocycles. The van der Waals surface area contributed by atoms with E-state index in [2.05, 4.69) is 44.0 Å². The number of allylic oxidation sites excluding steroid dienone is 1. The summed E-state index contributed by atoms with van der Waals surface area (Å²) >= 11 is 0. The fourth-order valence-electron chi connectivity index (χ4n) is 3.71. The Morgan fingerprint density at radius 2 is 2.00 bits per heavy atom. The van der Waals surface area contributed by atoms with Crippen molar-refractivity contribution in [3.63, 3.8) is 0 Å². The van der Waals surface area contributed by atoms with Crippen molar-refractivity contribution in [3.05, 3.63) is 11.6 Å². The van der Waals surface area contributed by atoms with Crippen LogP contribution in [-0.4, -0.2) is 36.1 Å². The summed E-state index contributed by atoms with van der Waals surface area (Å²) in [6.07, 6.45) is 9.32. The van der Waals surface area contributed by atoms with Gasteiger partial charge >= 0.3 is 0 Å². The zero-order valence-electron chi connectivity index (χ0n) is 13.3. The van der Waals surface area contributed by atoms with E-state index in [4.69, 9.17) is 0 Å². The molecule has 2 rings (SSSR count). The summed E-state index contributed by atoms with van der Waals surface area (Å²) in [5.74, 6) is 0.790. The quantitative estimate of drug-likeness (QED) is 0.781. The first-order valence-electron chi connectivity index (χ1n) is 8.13. The van der Waals surface area contributed by atoms with Crippen LogP contribution in [0.1, 0.15) is 59.8 Å². The molecular formula is C17H32N2. The van der Waals surface area contributed by atoms with Gasteiger partial charge in [0, 0.05) is 31.2 Å². The molecule has 2 heteroatoms. The van der Waals surface area contributed by atoms with Crippen LogP contribution in [0.2, 0.25) is 0 Å². The van der Waals surface area contributed by atoms with Crippen molar-refractivity contribution < 1.29 is 0 Å². The average Bonchev–Trinajstić information content (AvgIpc) is 2.77. The first-order valence-corrected chi connectivity index (χ1v) is 8.13. The molecule has 1 unspecified atom stereocenters. The highest BCUT2D eigenvalue weighted by atomic mass is 15.3. The molecule has 1 spiro atoms. The van der Waals surface area contributed by atoms with Crippen molar-refractivity contribution in [2.24, 2.45) is 5.92 Å². The smallest absolute Gasteiger partial charge is 0.0309 e. The van der Waals surface area contributed by atoms with Crippen LogP contribution in [0, 0.1) is 5.92 Å². The van der Waals surface area contributed by atoms with Crippen LogP contribution in [0.3, 0.4) is 0 Å². The lowest BCUT2D eigenvalue weighted by Gasteiger charge is -2.46. The molecule has 1 atom stereocenters. The molecule has 2 nitrogen and oxygen atoms in total. The summed E-state index contributed by atoms with van der Waals surface area (Å²) in [5.41, 5.74) is 1.89. The molecule has 1 N–H and O–H groups in total. The largest absolute Gasteiger partial charge is 0.308 e. The maximum absolute atomic E-state index is 3.91. The van der Waals surface area contributed by atoms with E-state index in [-0.39, 0.29) is 0 Å². The van der Waals surface area contributed by atoms with Gasteiger partial charge in [-0.2, -0.15) is 0 Å².